The molecule has 1 saturated heterocycles. The summed E-state index contributed by atoms with van der Waals surface area (Å²) in [6.07, 6.45) is 2.83. The van der Waals surface area contributed by atoms with Crippen molar-refractivity contribution in [1.29, 1.82) is 0 Å². The van der Waals surface area contributed by atoms with Crippen molar-refractivity contribution < 1.29 is 18.7 Å². The molecule has 0 bridgehead atoms. The summed E-state index contributed by atoms with van der Waals surface area (Å²) in [5, 5.41) is 7.93. The molecule has 5 aromatic rings. The summed E-state index contributed by atoms with van der Waals surface area (Å²) < 4.78 is 20.2. The first-order valence-electron chi connectivity index (χ1n) is 13.1. The second-order valence-corrected chi connectivity index (χ2v) is 9.99. The van der Waals surface area contributed by atoms with Crippen LogP contribution in [0.5, 0.6) is 5.88 Å². The Bertz CT molecular complexity index is 1870. The van der Waals surface area contributed by atoms with E-state index in [-0.39, 0.29) is 22.6 Å². The second kappa shape index (κ2) is 10.5. The molecular formula is C29H26FN7O4. The molecule has 6 rings (SSSR count). The van der Waals surface area contributed by atoms with Gasteiger partial charge >= 0.3 is 0 Å². The Hall–Kier alpha value is -5.13. The van der Waals surface area contributed by atoms with Gasteiger partial charge < -0.3 is 20.4 Å². The number of piperidine rings is 1. The summed E-state index contributed by atoms with van der Waals surface area (Å²) in [5.41, 5.74) is 7.59. The smallest absolute Gasteiger partial charge is 0.272 e. The molecule has 41 heavy (non-hydrogen) atoms. The number of hydrogen-bond donors (Lipinski definition) is 3. The molecule has 12 heteroatoms. The molecule has 1 fully saturated rings. The van der Waals surface area contributed by atoms with Gasteiger partial charge in [0.15, 0.2) is 0 Å². The number of carbonyl (C=O) groups excluding carboxylic acids is 2. The van der Waals surface area contributed by atoms with Crippen molar-refractivity contribution in [3.05, 3.63) is 93.0 Å². The Balaban J connectivity index is 1.20. The average Bonchev–Trinajstić information content (AvgIpc) is 3.44. The van der Waals surface area contributed by atoms with Gasteiger partial charge in [0.2, 0.25) is 5.88 Å². The highest BCUT2D eigenvalue weighted by molar-refractivity contribution is 6.04. The molecular weight excluding hydrogens is 529 g/mol. The highest BCUT2D eigenvalue weighted by atomic mass is 19.1. The molecule has 0 unspecified atom stereocenters. The van der Waals surface area contributed by atoms with Crippen molar-refractivity contribution >= 4 is 33.6 Å². The van der Waals surface area contributed by atoms with Crippen molar-refractivity contribution in [3.8, 4) is 5.88 Å². The van der Waals surface area contributed by atoms with Crippen LogP contribution in [0, 0.1) is 5.82 Å². The van der Waals surface area contributed by atoms with Crippen LogP contribution < -0.4 is 16.0 Å². The fourth-order valence-corrected chi connectivity index (χ4v) is 5.39. The van der Waals surface area contributed by atoms with E-state index in [1.165, 1.54) is 19.4 Å². The minimum absolute atomic E-state index is 0.0136. The van der Waals surface area contributed by atoms with E-state index in [1.54, 1.807) is 29.2 Å². The van der Waals surface area contributed by atoms with Crippen LogP contribution >= 0.6 is 0 Å². The van der Waals surface area contributed by atoms with Crippen molar-refractivity contribution in [2.24, 2.45) is 5.73 Å². The summed E-state index contributed by atoms with van der Waals surface area (Å²) in [5.74, 6) is -0.707. The number of benzene rings is 2. The van der Waals surface area contributed by atoms with Gasteiger partial charge in [-0.1, -0.05) is 24.3 Å². The number of carbonyl (C=O) groups is 2. The molecule has 208 valence electrons. The first-order chi connectivity index (χ1) is 19.8. The third kappa shape index (κ3) is 4.77. The van der Waals surface area contributed by atoms with Crippen LogP contribution in [-0.4, -0.2) is 62.1 Å². The molecule has 1 aliphatic rings. The van der Waals surface area contributed by atoms with Gasteiger partial charge in [-0.05, 0) is 36.6 Å². The lowest BCUT2D eigenvalue weighted by molar-refractivity contribution is 0.0706. The molecule has 0 radical (unpaired) electrons. The molecule has 11 nitrogen and oxygen atoms in total. The van der Waals surface area contributed by atoms with Gasteiger partial charge in [-0.15, -0.1) is 0 Å². The molecule has 0 atom stereocenters. The van der Waals surface area contributed by atoms with E-state index in [2.05, 4.69) is 25.1 Å². The van der Waals surface area contributed by atoms with Crippen LogP contribution in [0.1, 0.15) is 56.6 Å². The predicted molar refractivity (Wildman–Crippen MR) is 148 cm³/mol. The van der Waals surface area contributed by atoms with Crippen LogP contribution in [-0.2, 0) is 6.42 Å². The van der Waals surface area contributed by atoms with Crippen LogP contribution in [0.4, 0.5) is 4.39 Å². The number of aromatic amines is 2. The fourth-order valence-electron chi connectivity index (χ4n) is 5.39. The highest BCUT2D eigenvalue weighted by Gasteiger charge is 2.29. The van der Waals surface area contributed by atoms with E-state index in [9.17, 15) is 18.8 Å². The number of amides is 2. The van der Waals surface area contributed by atoms with Gasteiger partial charge in [0.1, 0.15) is 22.7 Å². The molecule has 0 spiro atoms. The first-order valence-corrected chi connectivity index (χ1v) is 13.1. The van der Waals surface area contributed by atoms with Gasteiger partial charge in [0.05, 0.1) is 29.3 Å². The summed E-state index contributed by atoms with van der Waals surface area (Å²) in [6, 6.07) is 11.6. The number of nitrogens with one attached hydrogen (secondary N) is 2. The Morgan fingerprint density at radius 1 is 1.12 bits per heavy atom. The third-order valence-electron chi connectivity index (χ3n) is 7.54. The van der Waals surface area contributed by atoms with Gasteiger partial charge in [-0.2, -0.15) is 5.10 Å². The topological polar surface area (TPSA) is 160 Å². The number of rotatable bonds is 6. The lowest BCUT2D eigenvalue weighted by Gasteiger charge is -2.31. The fraction of sp³-hybridized carbons (Fsp3) is 0.241. The number of nitrogens with zero attached hydrogens (tertiary/aromatic N) is 4. The zero-order valence-corrected chi connectivity index (χ0v) is 22.1. The number of hydrogen-bond acceptors (Lipinski definition) is 7. The number of likely N-dealkylation sites (tertiary alicyclic amines) is 1. The number of ether oxygens (including phenoxy) is 1. The average molecular weight is 556 g/mol. The second-order valence-electron chi connectivity index (χ2n) is 9.99. The zero-order chi connectivity index (χ0) is 28.7. The largest absolute Gasteiger partial charge is 0.479 e. The number of pyridine rings is 1. The quantitative estimate of drug-likeness (QED) is 0.290. The van der Waals surface area contributed by atoms with Crippen molar-refractivity contribution in [3.63, 3.8) is 0 Å². The maximum Gasteiger partial charge on any atom is 0.272 e. The Kier molecular flexibility index (Phi) is 6.66. The van der Waals surface area contributed by atoms with Crippen LogP contribution in [0.2, 0.25) is 0 Å². The summed E-state index contributed by atoms with van der Waals surface area (Å²) in [4.78, 5) is 51.0. The number of H-pyrrole nitrogens is 2. The van der Waals surface area contributed by atoms with Crippen LogP contribution in [0.15, 0.2) is 53.5 Å². The first kappa shape index (κ1) is 26.1. The molecule has 1 aliphatic heterocycles. The van der Waals surface area contributed by atoms with Gasteiger partial charge in [0, 0.05) is 37.0 Å². The summed E-state index contributed by atoms with van der Waals surface area (Å²) in [6.45, 7) is 0.794. The maximum atomic E-state index is 14.9. The number of methoxy groups -OCH3 is 1. The van der Waals surface area contributed by atoms with Gasteiger partial charge in [-0.3, -0.25) is 14.4 Å². The van der Waals surface area contributed by atoms with E-state index < -0.39 is 17.6 Å². The molecule has 4 heterocycles. The third-order valence-corrected chi connectivity index (χ3v) is 7.54. The standard InChI is InChI=1S/C29H26FN7O4/c1-41-28-24-23(20(14-32-28)25(31)38)33-26(34-24)16-8-10-37(11-9-16)29(40)19-12-15(6-7-21(19)30)13-22-17-4-2-3-5-18(17)27(39)36-35-22/h2-7,12,14,16H,8-11,13H2,1H3,(H2,31,38)(H,33,34)(H,36,39). The Morgan fingerprint density at radius 3 is 2.61 bits per heavy atom. The predicted octanol–water partition coefficient (Wildman–Crippen LogP) is 3.05. The van der Waals surface area contributed by atoms with Crippen molar-refractivity contribution in [2.45, 2.75) is 25.2 Å². The van der Waals surface area contributed by atoms with E-state index in [0.29, 0.717) is 77.1 Å². The number of primary amides is 1. The lowest BCUT2D eigenvalue weighted by Crippen LogP contribution is -2.38. The van der Waals surface area contributed by atoms with Gasteiger partial charge in [-0.25, -0.2) is 19.5 Å². The van der Waals surface area contributed by atoms with Gasteiger partial charge in [0.25, 0.3) is 17.4 Å². The maximum absolute atomic E-state index is 14.9. The number of nitrogens with two attached hydrogens (primary N) is 1. The number of halogens is 1. The van der Waals surface area contributed by atoms with Crippen molar-refractivity contribution in [2.75, 3.05) is 20.2 Å². The van der Waals surface area contributed by atoms with Crippen LogP contribution in [0.25, 0.3) is 21.8 Å². The molecule has 4 N–H and O–H groups in total. The monoisotopic (exact) mass is 555 g/mol. The van der Waals surface area contributed by atoms with E-state index in [4.69, 9.17) is 10.5 Å². The molecule has 0 aliphatic carbocycles. The molecule has 3 aromatic heterocycles. The number of fused-ring (bicyclic) bond motifs is 2. The Morgan fingerprint density at radius 2 is 1.88 bits per heavy atom. The van der Waals surface area contributed by atoms with E-state index >= 15 is 0 Å². The Labute approximate surface area is 232 Å². The molecule has 0 saturated carbocycles. The SMILES string of the molecule is COc1ncc(C(N)=O)c2nc(C3CCN(C(=O)c4cc(Cc5n[nH]c(=O)c6ccccc56)ccc4F)CC3)[nH]c12. The summed E-state index contributed by atoms with van der Waals surface area (Å²) in [7, 11) is 1.48. The zero-order valence-electron chi connectivity index (χ0n) is 22.1. The van der Waals surface area contributed by atoms with Crippen molar-refractivity contribution in [1.82, 2.24) is 30.0 Å². The number of aromatic nitrogens is 5. The molecule has 2 aromatic carbocycles. The van der Waals surface area contributed by atoms with E-state index in [0.717, 1.165) is 0 Å². The lowest BCUT2D eigenvalue weighted by atomic mass is 9.95. The highest BCUT2D eigenvalue weighted by Crippen LogP contribution is 2.32. The minimum Gasteiger partial charge on any atom is -0.479 e. The minimum atomic E-state index is -0.641. The number of imidazole rings is 1. The molecule has 2 amide bonds. The van der Waals surface area contributed by atoms with E-state index in [1.807, 2.05) is 12.1 Å². The normalized spacial score (nSPS) is 14.0. The van der Waals surface area contributed by atoms with Crippen LogP contribution in [0.3, 0.4) is 0 Å². The summed E-state index contributed by atoms with van der Waals surface area (Å²) >= 11 is 0.